The Kier molecular flexibility index (Phi) is 32.1. The molecule has 2 aliphatic heterocycles. The maximum atomic E-state index is 3.78. The highest BCUT2D eigenvalue weighted by atomic mass is 15.5. The van der Waals surface area contributed by atoms with Crippen molar-refractivity contribution in [2.24, 2.45) is 0 Å². The van der Waals surface area contributed by atoms with Crippen LogP contribution in [0.15, 0.2) is 97.6 Å². The van der Waals surface area contributed by atoms with Crippen LogP contribution in [0, 0.1) is 6.92 Å². The molecule has 7 rings (SSSR count). The molecular formula is C44H73N9. The first-order valence-corrected chi connectivity index (χ1v) is 19.9. The number of rotatable bonds is 3. The average Bonchev–Trinajstić information content (AvgIpc) is 3.77. The molecule has 0 unspecified atom stereocenters. The summed E-state index contributed by atoms with van der Waals surface area (Å²) in [5.74, 6) is 0.764. The molecule has 1 N–H and O–H groups in total. The van der Waals surface area contributed by atoms with Crippen LogP contribution in [0.2, 0.25) is 0 Å². The van der Waals surface area contributed by atoms with E-state index in [4.69, 9.17) is 0 Å². The first kappa shape index (κ1) is 48.8. The molecule has 0 amide bonds. The zero-order chi connectivity index (χ0) is 39.4. The molecule has 294 valence electrons. The fourth-order valence-electron chi connectivity index (χ4n) is 5.13. The van der Waals surface area contributed by atoms with Crippen LogP contribution in [-0.2, 0) is 6.42 Å². The van der Waals surface area contributed by atoms with Gasteiger partial charge >= 0.3 is 0 Å². The summed E-state index contributed by atoms with van der Waals surface area (Å²) in [6, 6.07) is 24.3. The number of likely N-dealkylation sites (tertiary alicyclic amines) is 2. The number of aromatic amines is 1. The van der Waals surface area contributed by atoms with Gasteiger partial charge in [-0.25, -0.2) is 0 Å². The SMILES string of the molecule is CC.CCC.CCN1CCCCC1.CCc1nn[nH]n1.CN1CCCCC1.Cc1cccc2c(N(C)C)cccc12.c1ccncc1.c1ccncc1. The van der Waals surface area contributed by atoms with Crippen molar-refractivity contribution < 1.29 is 0 Å². The molecule has 0 aliphatic carbocycles. The lowest BCUT2D eigenvalue weighted by molar-refractivity contribution is 0.240. The summed E-state index contributed by atoms with van der Waals surface area (Å²) in [6.45, 7) is 21.2. The quantitative estimate of drug-likeness (QED) is 0.196. The lowest BCUT2D eigenvalue weighted by Crippen LogP contribution is -2.29. The number of anilines is 1. The fourth-order valence-corrected chi connectivity index (χ4v) is 5.13. The maximum Gasteiger partial charge on any atom is 0.174 e. The normalized spacial score (nSPS) is 13.2. The molecule has 2 saturated heterocycles. The molecule has 0 radical (unpaired) electrons. The van der Waals surface area contributed by atoms with Gasteiger partial charge in [0.15, 0.2) is 5.82 Å². The largest absolute Gasteiger partial charge is 0.377 e. The van der Waals surface area contributed by atoms with E-state index in [0.29, 0.717) is 0 Å². The van der Waals surface area contributed by atoms with E-state index in [1.54, 1.807) is 24.8 Å². The number of tetrazole rings is 1. The van der Waals surface area contributed by atoms with Crippen molar-refractivity contribution in [3.63, 3.8) is 0 Å². The molecule has 0 saturated carbocycles. The van der Waals surface area contributed by atoms with Crippen molar-refractivity contribution in [3.8, 4) is 0 Å². The monoisotopic (exact) mass is 728 g/mol. The first-order chi connectivity index (χ1) is 25.9. The van der Waals surface area contributed by atoms with Gasteiger partial charge in [-0.05, 0) is 114 Å². The Morgan fingerprint density at radius 3 is 1.45 bits per heavy atom. The number of benzene rings is 2. The van der Waals surface area contributed by atoms with Gasteiger partial charge in [-0.2, -0.15) is 5.21 Å². The van der Waals surface area contributed by atoms with Crippen molar-refractivity contribution in [2.75, 3.05) is 58.8 Å². The number of pyridine rings is 2. The van der Waals surface area contributed by atoms with Crippen LogP contribution in [-0.4, -0.2) is 94.3 Å². The molecule has 53 heavy (non-hydrogen) atoms. The van der Waals surface area contributed by atoms with Crippen molar-refractivity contribution in [1.82, 2.24) is 40.4 Å². The summed E-state index contributed by atoms with van der Waals surface area (Å²) in [6.07, 6.45) is 17.7. The molecule has 5 heterocycles. The topological polar surface area (TPSA) is 90.0 Å². The number of aryl methyl sites for hydroxylation is 2. The lowest BCUT2D eigenvalue weighted by Gasteiger charge is -2.24. The first-order valence-electron chi connectivity index (χ1n) is 19.9. The summed E-state index contributed by atoms with van der Waals surface area (Å²) >= 11 is 0. The molecule has 0 spiro atoms. The summed E-state index contributed by atoms with van der Waals surface area (Å²) in [5, 5.41) is 15.8. The molecule has 3 aromatic heterocycles. The summed E-state index contributed by atoms with van der Waals surface area (Å²) < 4.78 is 0. The Bertz CT molecular complexity index is 1330. The van der Waals surface area contributed by atoms with Crippen LogP contribution < -0.4 is 4.90 Å². The van der Waals surface area contributed by atoms with Crippen LogP contribution in [0.4, 0.5) is 5.69 Å². The molecule has 2 aromatic carbocycles. The van der Waals surface area contributed by atoms with Crippen LogP contribution >= 0.6 is 0 Å². The highest BCUT2D eigenvalue weighted by molar-refractivity contribution is 5.96. The van der Waals surface area contributed by atoms with Crippen molar-refractivity contribution in [2.45, 2.75) is 99.8 Å². The molecular weight excluding hydrogens is 655 g/mol. The molecule has 2 fully saturated rings. The Morgan fingerprint density at radius 1 is 0.642 bits per heavy atom. The zero-order valence-corrected chi connectivity index (χ0v) is 35.0. The Balaban J connectivity index is 0.000000614. The summed E-state index contributed by atoms with van der Waals surface area (Å²) in [5.41, 5.74) is 2.62. The van der Waals surface area contributed by atoms with Gasteiger partial charge in [0.05, 0.1) is 0 Å². The summed E-state index contributed by atoms with van der Waals surface area (Å²) in [4.78, 5) is 14.6. The maximum absolute atomic E-state index is 3.78. The van der Waals surface area contributed by atoms with E-state index >= 15 is 0 Å². The van der Waals surface area contributed by atoms with Crippen LogP contribution in [0.3, 0.4) is 0 Å². The van der Waals surface area contributed by atoms with E-state index in [2.05, 4.69) is 131 Å². The van der Waals surface area contributed by atoms with E-state index in [-0.39, 0.29) is 0 Å². The minimum Gasteiger partial charge on any atom is -0.377 e. The number of hydrogen-bond donors (Lipinski definition) is 1. The zero-order valence-electron chi connectivity index (χ0n) is 35.0. The van der Waals surface area contributed by atoms with E-state index in [9.17, 15) is 0 Å². The third-order valence-corrected chi connectivity index (χ3v) is 7.91. The van der Waals surface area contributed by atoms with Gasteiger partial charge in [0.1, 0.15) is 0 Å². The van der Waals surface area contributed by atoms with Crippen molar-refractivity contribution in [1.29, 1.82) is 0 Å². The van der Waals surface area contributed by atoms with Gasteiger partial charge in [-0.3, -0.25) is 9.97 Å². The van der Waals surface area contributed by atoms with Gasteiger partial charge in [0.25, 0.3) is 0 Å². The number of fused-ring (bicyclic) bond motifs is 1. The van der Waals surface area contributed by atoms with Gasteiger partial charge < -0.3 is 14.7 Å². The Morgan fingerprint density at radius 2 is 1.13 bits per heavy atom. The van der Waals surface area contributed by atoms with Gasteiger partial charge in [0, 0.05) is 56.4 Å². The third-order valence-electron chi connectivity index (χ3n) is 7.91. The molecule has 9 heteroatoms. The molecule has 5 aromatic rings. The van der Waals surface area contributed by atoms with Crippen LogP contribution in [0.1, 0.15) is 97.9 Å². The minimum atomic E-state index is 0.764. The van der Waals surface area contributed by atoms with E-state index in [1.807, 2.05) is 57.2 Å². The number of piperidine rings is 2. The number of aromatic nitrogens is 6. The van der Waals surface area contributed by atoms with Crippen LogP contribution in [0.5, 0.6) is 0 Å². The second-order valence-corrected chi connectivity index (χ2v) is 12.6. The summed E-state index contributed by atoms with van der Waals surface area (Å²) in [7, 11) is 6.35. The fraction of sp³-hybridized carbons (Fsp3) is 0.523. The van der Waals surface area contributed by atoms with Crippen molar-refractivity contribution in [3.05, 3.63) is 109 Å². The second-order valence-electron chi connectivity index (χ2n) is 12.6. The van der Waals surface area contributed by atoms with Gasteiger partial charge in [0.2, 0.25) is 0 Å². The Hall–Kier alpha value is -4.21. The molecule has 0 atom stereocenters. The van der Waals surface area contributed by atoms with E-state index in [1.165, 1.54) is 99.7 Å². The average molecular weight is 728 g/mol. The minimum absolute atomic E-state index is 0.764. The number of nitrogens with zero attached hydrogens (tertiary/aromatic N) is 8. The smallest absolute Gasteiger partial charge is 0.174 e. The Labute approximate surface area is 323 Å². The van der Waals surface area contributed by atoms with Gasteiger partial charge in [-0.15, -0.1) is 10.2 Å². The number of nitrogens with one attached hydrogen (secondary N) is 1. The predicted octanol–water partition coefficient (Wildman–Crippen LogP) is 10.2. The lowest BCUT2D eigenvalue weighted by atomic mass is 10.0. The predicted molar refractivity (Wildman–Crippen MR) is 230 cm³/mol. The molecule has 2 aliphatic rings. The molecule has 9 nitrogen and oxygen atoms in total. The van der Waals surface area contributed by atoms with E-state index in [0.717, 1.165) is 12.2 Å². The van der Waals surface area contributed by atoms with Crippen LogP contribution in [0.25, 0.3) is 10.8 Å². The van der Waals surface area contributed by atoms with E-state index < -0.39 is 0 Å². The number of H-pyrrole nitrogens is 1. The van der Waals surface area contributed by atoms with Gasteiger partial charge in [-0.1, -0.05) is 108 Å². The third kappa shape index (κ3) is 25.4. The standard InChI is InChI=1S/C13H15N.C7H15N.C6H13N.2C5H5N.C3H6N4.C3H8.C2H6/c1-10-6-4-8-12-11(10)7-5-9-13(12)14(2)3;1-2-8-6-4-3-5-7-8;1-7-5-3-2-4-6-7;2*1-2-4-6-5-3-1;1-2-3-4-6-7-5-3;1-3-2;1-2/h4-9H,1-3H3;2-7H2,1H3;2-6H2,1H3;2*1-5H;2H2,1H3,(H,4,5,6,7);3H2,1-2H3;1-2H3. The second kappa shape index (κ2) is 34.9. The molecule has 0 bridgehead atoms. The van der Waals surface area contributed by atoms with Crippen molar-refractivity contribution >= 4 is 16.5 Å². The highest BCUT2D eigenvalue weighted by Gasteiger charge is 2.06. The highest BCUT2D eigenvalue weighted by Crippen LogP contribution is 2.27. The number of hydrogen-bond acceptors (Lipinski definition) is 8.